The summed E-state index contributed by atoms with van der Waals surface area (Å²) in [4.78, 5) is 2.62. The molecule has 2 fully saturated rings. The van der Waals surface area contributed by atoms with Crippen LogP contribution in [0.5, 0.6) is 0 Å². The first-order chi connectivity index (χ1) is 8.24. The van der Waals surface area contributed by atoms with Crippen molar-refractivity contribution in [1.82, 2.24) is 10.2 Å². The van der Waals surface area contributed by atoms with Crippen LogP contribution < -0.4 is 5.32 Å². The van der Waals surface area contributed by atoms with E-state index in [9.17, 15) is 0 Å². The summed E-state index contributed by atoms with van der Waals surface area (Å²) in [5.41, 5.74) is 0. The van der Waals surface area contributed by atoms with Gasteiger partial charge in [0.1, 0.15) is 0 Å². The molecule has 0 aliphatic carbocycles. The number of rotatable bonds is 5. The van der Waals surface area contributed by atoms with E-state index in [4.69, 9.17) is 4.74 Å². The summed E-state index contributed by atoms with van der Waals surface area (Å²) in [5.74, 6) is 0.840. The lowest BCUT2D eigenvalue weighted by molar-refractivity contribution is 0.0564. The largest absolute Gasteiger partial charge is 0.377 e. The van der Waals surface area contributed by atoms with Gasteiger partial charge in [-0.2, -0.15) is 0 Å². The Kier molecular flexibility index (Phi) is 5.26. The lowest BCUT2D eigenvalue weighted by Crippen LogP contribution is -2.43. The summed E-state index contributed by atoms with van der Waals surface area (Å²) in [6.07, 6.45) is 5.80. The Morgan fingerprint density at radius 3 is 2.88 bits per heavy atom. The van der Waals surface area contributed by atoms with Crippen LogP contribution in [-0.4, -0.2) is 49.8 Å². The van der Waals surface area contributed by atoms with Gasteiger partial charge in [-0.3, -0.25) is 0 Å². The highest BCUT2D eigenvalue weighted by Crippen LogP contribution is 2.19. The van der Waals surface area contributed by atoms with Crippen LogP contribution in [0.1, 0.15) is 39.5 Å². The minimum Gasteiger partial charge on any atom is -0.377 e. The zero-order valence-corrected chi connectivity index (χ0v) is 11.5. The Morgan fingerprint density at radius 1 is 1.29 bits per heavy atom. The average Bonchev–Trinajstić information content (AvgIpc) is 2.80. The lowest BCUT2D eigenvalue weighted by atomic mass is 9.97. The molecule has 2 saturated heterocycles. The molecule has 3 heteroatoms. The summed E-state index contributed by atoms with van der Waals surface area (Å²) in [6, 6.07) is 0.614. The maximum atomic E-state index is 5.73. The second-order valence-electron chi connectivity index (χ2n) is 5.97. The monoisotopic (exact) mass is 240 g/mol. The summed E-state index contributed by atoms with van der Waals surface area (Å²) in [5, 5.41) is 3.57. The molecule has 2 rings (SSSR count). The van der Waals surface area contributed by atoms with Gasteiger partial charge in [0.25, 0.3) is 0 Å². The second-order valence-corrected chi connectivity index (χ2v) is 5.97. The third-order valence-electron chi connectivity index (χ3n) is 3.90. The molecule has 17 heavy (non-hydrogen) atoms. The first-order valence-corrected chi connectivity index (χ1v) is 7.31. The third-order valence-corrected chi connectivity index (χ3v) is 3.90. The van der Waals surface area contributed by atoms with Crippen molar-refractivity contribution in [1.29, 1.82) is 0 Å². The van der Waals surface area contributed by atoms with Crippen LogP contribution in [0.25, 0.3) is 0 Å². The number of nitrogens with one attached hydrogen (secondary N) is 1. The van der Waals surface area contributed by atoms with Crippen LogP contribution in [0.3, 0.4) is 0 Å². The topological polar surface area (TPSA) is 24.5 Å². The van der Waals surface area contributed by atoms with E-state index < -0.39 is 0 Å². The SMILES string of the molecule is CC(C)NCC1CCCN(CC2CCCO2)C1. The van der Waals surface area contributed by atoms with Gasteiger partial charge in [-0.15, -0.1) is 0 Å². The van der Waals surface area contributed by atoms with Crippen LogP contribution in [-0.2, 0) is 4.74 Å². The summed E-state index contributed by atoms with van der Waals surface area (Å²) < 4.78 is 5.73. The molecule has 0 amide bonds. The van der Waals surface area contributed by atoms with Gasteiger partial charge < -0.3 is 15.0 Å². The molecule has 0 aromatic rings. The molecule has 2 aliphatic heterocycles. The highest BCUT2D eigenvalue weighted by Gasteiger charge is 2.24. The van der Waals surface area contributed by atoms with Crippen molar-refractivity contribution in [3.63, 3.8) is 0 Å². The second kappa shape index (κ2) is 6.72. The molecule has 0 saturated carbocycles. The highest BCUT2D eigenvalue weighted by molar-refractivity contribution is 4.78. The van der Waals surface area contributed by atoms with Crippen molar-refractivity contribution >= 4 is 0 Å². The maximum Gasteiger partial charge on any atom is 0.0702 e. The zero-order valence-electron chi connectivity index (χ0n) is 11.5. The number of nitrogens with zero attached hydrogens (tertiary/aromatic N) is 1. The first kappa shape index (κ1) is 13.3. The van der Waals surface area contributed by atoms with Gasteiger partial charge in [-0.1, -0.05) is 13.8 Å². The number of piperidine rings is 1. The van der Waals surface area contributed by atoms with Crippen molar-refractivity contribution < 1.29 is 4.74 Å². The Bertz CT molecular complexity index is 214. The molecule has 0 aromatic heterocycles. The van der Waals surface area contributed by atoms with E-state index in [1.54, 1.807) is 0 Å². The van der Waals surface area contributed by atoms with Gasteiger partial charge in [0, 0.05) is 25.7 Å². The van der Waals surface area contributed by atoms with Gasteiger partial charge in [0.2, 0.25) is 0 Å². The molecule has 3 nitrogen and oxygen atoms in total. The van der Waals surface area contributed by atoms with Crippen molar-refractivity contribution in [3.05, 3.63) is 0 Å². The quantitative estimate of drug-likeness (QED) is 0.794. The zero-order chi connectivity index (χ0) is 12.1. The molecule has 0 aromatic carbocycles. The van der Waals surface area contributed by atoms with Crippen LogP contribution in [0.2, 0.25) is 0 Å². The fourth-order valence-electron chi connectivity index (χ4n) is 2.96. The number of ether oxygens (including phenoxy) is 1. The number of hydrogen-bond acceptors (Lipinski definition) is 3. The van der Waals surface area contributed by atoms with Crippen LogP contribution >= 0.6 is 0 Å². The lowest BCUT2D eigenvalue weighted by Gasteiger charge is -2.34. The van der Waals surface area contributed by atoms with E-state index in [0.29, 0.717) is 12.1 Å². The predicted molar refractivity (Wildman–Crippen MR) is 71.3 cm³/mol. The van der Waals surface area contributed by atoms with Crippen molar-refractivity contribution in [2.24, 2.45) is 5.92 Å². The first-order valence-electron chi connectivity index (χ1n) is 7.31. The maximum absolute atomic E-state index is 5.73. The van der Waals surface area contributed by atoms with E-state index >= 15 is 0 Å². The summed E-state index contributed by atoms with van der Waals surface area (Å²) in [6.45, 7) is 10.3. The highest BCUT2D eigenvalue weighted by atomic mass is 16.5. The Balaban J connectivity index is 1.68. The molecule has 2 heterocycles. The van der Waals surface area contributed by atoms with Crippen LogP contribution in [0.4, 0.5) is 0 Å². The van der Waals surface area contributed by atoms with Gasteiger partial charge >= 0.3 is 0 Å². The smallest absolute Gasteiger partial charge is 0.0702 e. The molecule has 1 N–H and O–H groups in total. The fraction of sp³-hybridized carbons (Fsp3) is 1.00. The third kappa shape index (κ3) is 4.57. The van der Waals surface area contributed by atoms with E-state index in [-0.39, 0.29) is 0 Å². The van der Waals surface area contributed by atoms with Gasteiger partial charge in [-0.25, -0.2) is 0 Å². The summed E-state index contributed by atoms with van der Waals surface area (Å²) >= 11 is 0. The van der Waals surface area contributed by atoms with E-state index in [2.05, 4.69) is 24.1 Å². The molecule has 2 unspecified atom stereocenters. The molecule has 0 bridgehead atoms. The molecular formula is C14H28N2O. The van der Waals surface area contributed by atoms with Gasteiger partial charge in [0.05, 0.1) is 6.10 Å². The van der Waals surface area contributed by atoms with Crippen molar-refractivity contribution in [2.45, 2.75) is 51.7 Å². The standard InChI is InChI=1S/C14H28N2O/c1-12(2)15-9-13-5-3-7-16(10-13)11-14-6-4-8-17-14/h12-15H,3-11H2,1-2H3. The normalized spacial score (nSPS) is 31.2. The van der Waals surface area contributed by atoms with E-state index in [1.807, 2.05) is 0 Å². The van der Waals surface area contributed by atoms with Gasteiger partial charge in [-0.05, 0) is 44.7 Å². The predicted octanol–water partition coefficient (Wildman–Crippen LogP) is 1.88. The Labute approximate surface area is 106 Å². The van der Waals surface area contributed by atoms with Crippen LogP contribution in [0.15, 0.2) is 0 Å². The van der Waals surface area contributed by atoms with Gasteiger partial charge in [0.15, 0.2) is 0 Å². The molecule has 100 valence electrons. The Morgan fingerprint density at radius 2 is 2.18 bits per heavy atom. The molecule has 0 radical (unpaired) electrons. The fourth-order valence-corrected chi connectivity index (χ4v) is 2.96. The molecule has 0 spiro atoms. The Hall–Kier alpha value is -0.120. The van der Waals surface area contributed by atoms with Crippen LogP contribution in [0, 0.1) is 5.92 Å². The number of hydrogen-bond donors (Lipinski definition) is 1. The average molecular weight is 240 g/mol. The summed E-state index contributed by atoms with van der Waals surface area (Å²) in [7, 11) is 0. The molecule has 2 aliphatic rings. The molecular weight excluding hydrogens is 212 g/mol. The number of likely N-dealkylation sites (tertiary alicyclic amines) is 1. The minimum absolute atomic E-state index is 0.520. The van der Waals surface area contributed by atoms with E-state index in [0.717, 1.165) is 19.1 Å². The van der Waals surface area contributed by atoms with Crippen molar-refractivity contribution in [3.8, 4) is 0 Å². The van der Waals surface area contributed by atoms with E-state index in [1.165, 1.54) is 45.3 Å². The molecule has 2 atom stereocenters. The minimum atomic E-state index is 0.520. The van der Waals surface area contributed by atoms with Crippen molar-refractivity contribution in [2.75, 3.05) is 32.8 Å².